The van der Waals surface area contributed by atoms with Crippen LogP contribution in [0.1, 0.15) is 16.9 Å². The number of Topliss-reactive ketones (excluding diaryl/α,β-unsaturated/α-hetero) is 1. The maximum absolute atomic E-state index is 12.0. The van der Waals surface area contributed by atoms with Crippen molar-refractivity contribution in [3.05, 3.63) is 36.0 Å². The van der Waals surface area contributed by atoms with Crippen LogP contribution in [0.3, 0.4) is 0 Å². The van der Waals surface area contributed by atoms with E-state index in [-0.39, 0.29) is 24.5 Å². The molecule has 1 aromatic heterocycles. The van der Waals surface area contributed by atoms with Crippen molar-refractivity contribution in [3.63, 3.8) is 0 Å². The molecule has 7 nitrogen and oxygen atoms in total. The minimum Gasteiger partial charge on any atom is -0.351 e. The van der Waals surface area contributed by atoms with Gasteiger partial charge in [-0.05, 0) is 18.6 Å². The molecule has 3 N–H and O–H groups in total. The zero-order valence-corrected chi connectivity index (χ0v) is 12.4. The third-order valence-corrected chi connectivity index (χ3v) is 5.00. The summed E-state index contributed by atoms with van der Waals surface area (Å²) < 4.78 is 24.8. The Morgan fingerprint density at radius 2 is 2.05 bits per heavy atom. The van der Waals surface area contributed by atoms with Crippen molar-refractivity contribution < 1.29 is 18.0 Å². The first-order valence-electron chi connectivity index (χ1n) is 6.83. The minimum absolute atomic E-state index is 0.0562. The van der Waals surface area contributed by atoms with Crippen molar-refractivity contribution in [2.45, 2.75) is 12.5 Å². The average molecular weight is 321 g/mol. The normalized spacial score (nSPS) is 20.1. The number of hydrogen-bond acceptors (Lipinski definition) is 4. The molecule has 1 atom stereocenters. The maximum atomic E-state index is 12.0. The van der Waals surface area contributed by atoms with E-state index < -0.39 is 22.0 Å². The lowest BCUT2D eigenvalue weighted by molar-refractivity contribution is -0.119. The summed E-state index contributed by atoms with van der Waals surface area (Å²) in [5.41, 5.74) is 1.20. The molecule has 1 amide bonds. The Morgan fingerprint density at radius 1 is 1.27 bits per heavy atom. The summed E-state index contributed by atoms with van der Waals surface area (Å²) in [7, 11) is -3.34. The van der Waals surface area contributed by atoms with E-state index in [2.05, 4.69) is 15.0 Å². The number of aromatic amines is 1. The van der Waals surface area contributed by atoms with Crippen LogP contribution in [0.25, 0.3) is 10.9 Å². The van der Waals surface area contributed by atoms with E-state index in [1.54, 1.807) is 6.07 Å². The number of fused-ring (bicyclic) bond motifs is 1. The predicted octanol–water partition coefficient (Wildman–Crippen LogP) is 0.159. The molecule has 3 rings (SSSR count). The molecule has 0 bridgehead atoms. The van der Waals surface area contributed by atoms with Crippen LogP contribution >= 0.6 is 0 Å². The van der Waals surface area contributed by atoms with Crippen molar-refractivity contribution in [1.82, 2.24) is 15.0 Å². The zero-order valence-electron chi connectivity index (χ0n) is 11.6. The van der Waals surface area contributed by atoms with Crippen molar-refractivity contribution in [2.24, 2.45) is 0 Å². The number of rotatable bonds is 4. The van der Waals surface area contributed by atoms with Gasteiger partial charge in [0.1, 0.15) is 5.69 Å². The van der Waals surface area contributed by atoms with E-state index in [0.717, 1.165) is 10.9 Å². The van der Waals surface area contributed by atoms with Crippen LogP contribution in [0.2, 0.25) is 0 Å². The second-order valence-corrected chi connectivity index (χ2v) is 7.07. The van der Waals surface area contributed by atoms with Gasteiger partial charge in [-0.2, -0.15) is 0 Å². The molecule has 116 valence electrons. The van der Waals surface area contributed by atoms with Gasteiger partial charge in [0, 0.05) is 10.9 Å². The number of nitrogens with one attached hydrogen (secondary N) is 3. The third-order valence-electron chi connectivity index (χ3n) is 3.58. The van der Waals surface area contributed by atoms with Crippen LogP contribution in [-0.2, 0) is 14.8 Å². The summed E-state index contributed by atoms with van der Waals surface area (Å²) in [6, 6.07) is 8.41. The van der Waals surface area contributed by atoms with Gasteiger partial charge in [-0.25, -0.2) is 13.1 Å². The summed E-state index contributed by atoms with van der Waals surface area (Å²) >= 11 is 0. The molecule has 1 aromatic carbocycles. The van der Waals surface area contributed by atoms with Gasteiger partial charge in [0.05, 0.1) is 18.3 Å². The Bertz CT molecular complexity index is 808. The van der Waals surface area contributed by atoms with Gasteiger partial charge >= 0.3 is 0 Å². The molecule has 0 aliphatic carbocycles. The Morgan fingerprint density at radius 3 is 2.73 bits per heavy atom. The van der Waals surface area contributed by atoms with E-state index in [4.69, 9.17) is 0 Å². The highest BCUT2D eigenvalue weighted by Crippen LogP contribution is 2.14. The standard InChI is InChI=1S/C14H15N3O4S/c18-13(11-5-6-22(20,21)17-11)8-15-14(19)12-7-9-3-1-2-4-10(9)16-12/h1-4,7,11,16-17H,5-6,8H2,(H,15,19). The average Bonchev–Trinajstić information content (AvgIpc) is 3.07. The molecule has 1 unspecified atom stereocenters. The highest BCUT2D eigenvalue weighted by Gasteiger charge is 2.31. The van der Waals surface area contributed by atoms with E-state index in [9.17, 15) is 18.0 Å². The van der Waals surface area contributed by atoms with Crippen LogP contribution in [-0.4, -0.2) is 43.4 Å². The van der Waals surface area contributed by atoms with Gasteiger partial charge in [-0.15, -0.1) is 0 Å². The SMILES string of the molecule is O=C(NCC(=O)C1CCS(=O)(=O)N1)c1cc2ccccc2[nH]1. The van der Waals surface area contributed by atoms with E-state index in [1.165, 1.54) is 0 Å². The van der Waals surface area contributed by atoms with Gasteiger partial charge in [0.25, 0.3) is 5.91 Å². The van der Waals surface area contributed by atoms with Gasteiger partial charge in [0.15, 0.2) is 5.78 Å². The third kappa shape index (κ3) is 3.02. The summed E-state index contributed by atoms with van der Waals surface area (Å²) in [6.07, 6.45) is 0.240. The van der Waals surface area contributed by atoms with E-state index in [1.807, 2.05) is 24.3 Å². The van der Waals surface area contributed by atoms with Gasteiger partial charge < -0.3 is 10.3 Å². The number of ketones is 1. The first kappa shape index (κ1) is 14.7. The summed E-state index contributed by atoms with van der Waals surface area (Å²) in [6.45, 7) is -0.207. The zero-order chi connectivity index (χ0) is 15.7. The number of H-pyrrole nitrogens is 1. The van der Waals surface area contributed by atoms with Gasteiger partial charge in [-0.1, -0.05) is 18.2 Å². The number of amides is 1. The minimum atomic E-state index is -3.34. The van der Waals surface area contributed by atoms with Crippen LogP contribution in [0.15, 0.2) is 30.3 Å². The largest absolute Gasteiger partial charge is 0.351 e. The van der Waals surface area contributed by atoms with Crippen molar-refractivity contribution in [2.75, 3.05) is 12.3 Å². The quantitative estimate of drug-likeness (QED) is 0.745. The fourth-order valence-corrected chi connectivity index (χ4v) is 3.76. The highest BCUT2D eigenvalue weighted by atomic mass is 32.2. The molecule has 1 fully saturated rings. The van der Waals surface area contributed by atoms with E-state index in [0.29, 0.717) is 5.69 Å². The molecule has 2 aromatic rings. The Hall–Kier alpha value is -2.19. The Kier molecular flexibility index (Phi) is 3.71. The van der Waals surface area contributed by atoms with Crippen molar-refractivity contribution in [3.8, 4) is 0 Å². The number of carbonyl (C=O) groups excluding carboxylic acids is 2. The number of benzene rings is 1. The lowest BCUT2D eigenvalue weighted by Gasteiger charge is -2.08. The van der Waals surface area contributed by atoms with Crippen molar-refractivity contribution >= 4 is 32.6 Å². The highest BCUT2D eigenvalue weighted by molar-refractivity contribution is 7.89. The lowest BCUT2D eigenvalue weighted by Crippen LogP contribution is -2.40. The monoisotopic (exact) mass is 321 g/mol. The number of carbonyl (C=O) groups is 2. The second-order valence-electron chi connectivity index (χ2n) is 5.20. The second kappa shape index (κ2) is 5.54. The number of sulfonamides is 1. The number of para-hydroxylation sites is 1. The molecule has 2 heterocycles. The molecule has 0 radical (unpaired) electrons. The molecule has 1 aliphatic heterocycles. The van der Waals surface area contributed by atoms with Crippen LogP contribution in [0, 0.1) is 0 Å². The fourth-order valence-electron chi connectivity index (χ4n) is 2.42. The van der Waals surface area contributed by atoms with Crippen molar-refractivity contribution in [1.29, 1.82) is 0 Å². The number of aromatic nitrogens is 1. The molecule has 8 heteroatoms. The van der Waals surface area contributed by atoms with Gasteiger partial charge in [-0.3, -0.25) is 9.59 Å². The maximum Gasteiger partial charge on any atom is 0.268 e. The summed E-state index contributed by atoms with van der Waals surface area (Å²) in [5, 5.41) is 3.41. The first-order chi connectivity index (χ1) is 10.4. The van der Waals surface area contributed by atoms with Crippen LogP contribution in [0.5, 0.6) is 0 Å². The lowest BCUT2D eigenvalue weighted by atomic mass is 10.1. The predicted molar refractivity (Wildman–Crippen MR) is 81.0 cm³/mol. The topological polar surface area (TPSA) is 108 Å². The Labute approximate surface area is 127 Å². The van der Waals surface area contributed by atoms with E-state index >= 15 is 0 Å². The number of hydrogen-bond donors (Lipinski definition) is 3. The van der Waals surface area contributed by atoms with Crippen LogP contribution < -0.4 is 10.0 Å². The molecular formula is C14H15N3O4S. The molecular weight excluding hydrogens is 306 g/mol. The molecule has 1 aliphatic rings. The fraction of sp³-hybridized carbons (Fsp3) is 0.286. The smallest absolute Gasteiger partial charge is 0.268 e. The summed E-state index contributed by atoms with van der Waals surface area (Å²) in [5.74, 6) is -0.796. The summed E-state index contributed by atoms with van der Waals surface area (Å²) in [4.78, 5) is 26.9. The van der Waals surface area contributed by atoms with Crippen LogP contribution in [0.4, 0.5) is 0 Å². The van der Waals surface area contributed by atoms with Gasteiger partial charge in [0.2, 0.25) is 10.0 Å². The molecule has 0 saturated carbocycles. The molecule has 0 spiro atoms. The first-order valence-corrected chi connectivity index (χ1v) is 8.48. The molecule has 1 saturated heterocycles. The molecule has 22 heavy (non-hydrogen) atoms. The Balaban J connectivity index is 1.61.